The summed E-state index contributed by atoms with van der Waals surface area (Å²) in [5.74, 6) is -0.0516. The third-order valence-corrected chi connectivity index (χ3v) is 3.29. The molecule has 0 saturated carbocycles. The number of aldehydes is 1. The van der Waals surface area contributed by atoms with Gasteiger partial charge in [-0.1, -0.05) is 30.3 Å². The van der Waals surface area contributed by atoms with Crippen LogP contribution in [-0.4, -0.2) is 12.1 Å². The molecule has 2 heteroatoms. The van der Waals surface area contributed by atoms with Gasteiger partial charge in [0.2, 0.25) is 0 Å². The molecule has 82 valence electrons. The molecule has 1 aromatic carbocycles. The summed E-state index contributed by atoms with van der Waals surface area (Å²) in [4.78, 5) is 23.5. The molecule has 0 aliphatic heterocycles. The minimum atomic E-state index is -0.865. The van der Waals surface area contributed by atoms with Crippen molar-refractivity contribution in [2.45, 2.75) is 19.3 Å². The second kappa shape index (κ2) is 4.05. The first-order valence-electron chi connectivity index (χ1n) is 5.43. The van der Waals surface area contributed by atoms with Gasteiger partial charge >= 0.3 is 0 Å². The van der Waals surface area contributed by atoms with Crippen molar-refractivity contribution in [3.63, 3.8) is 0 Å². The maximum Gasteiger partial charge on any atom is 0.176 e. The molecule has 0 heterocycles. The van der Waals surface area contributed by atoms with Crippen molar-refractivity contribution in [3.05, 3.63) is 48.0 Å². The molecule has 16 heavy (non-hydrogen) atoms. The van der Waals surface area contributed by atoms with Gasteiger partial charge in [0.1, 0.15) is 6.29 Å². The van der Waals surface area contributed by atoms with E-state index in [4.69, 9.17) is 0 Å². The number of ketones is 1. The molecule has 0 saturated heterocycles. The van der Waals surface area contributed by atoms with Gasteiger partial charge in [-0.2, -0.15) is 0 Å². The Morgan fingerprint density at radius 3 is 2.81 bits per heavy atom. The lowest BCUT2D eigenvalue weighted by atomic mass is 9.69. The van der Waals surface area contributed by atoms with E-state index in [0.29, 0.717) is 18.4 Å². The monoisotopic (exact) mass is 214 g/mol. The molecule has 2 rings (SSSR count). The Hall–Kier alpha value is -1.70. The summed E-state index contributed by atoms with van der Waals surface area (Å²) in [6.45, 7) is 3.63. The van der Waals surface area contributed by atoms with Crippen LogP contribution in [0.2, 0.25) is 0 Å². The van der Waals surface area contributed by atoms with Crippen molar-refractivity contribution in [1.82, 2.24) is 0 Å². The number of hydrogen-bond acceptors (Lipinski definition) is 2. The van der Waals surface area contributed by atoms with Crippen LogP contribution in [0.15, 0.2) is 36.9 Å². The maximum atomic E-state index is 12.3. The summed E-state index contributed by atoms with van der Waals surface area (Å²) in [6.07, 6.45) is 4.27. The number of carbonyl (C=O) groups excluding carboxylic acids is 2. The number of aryl methyl sites for hydroxylation is 1. The van der Waals surface area contributed by atoms with Crippen LogP contribution in [0.4, 0.5) is 0 Å². The molecule has 1 aromatic rings. The third kappa shape index (κ3) is 1.51. The highest BCUT2D eigenvalue weighted by molar-refractivity contribution is 6.10. The van der Waals surface area contributed by atoms with Gasteiger partial charge in [0, 0.05) is 5.56 Å². The Bertz CT molecular complexity index is 448. The molecule has 0 spiro atoms. The van der Waals surface area contributed by atoms with Gasteiger partial charge in [-0.15, -0.1) is 6.58 Å². The molecule has 1 aliphatic rings. The van der Waals surface area contributed by atoms with Gasteiger partial charge in [-0.3, -0.25) is 4.79 Å². The van der Waals surface area contributed by atoms with Crippen molar-refractivity contribution >= 4 is 12.1 Å². The Labute approximate surface area is 95.0 Å². The van der Waals surface area contributed by atoms with E-state index < -0.39 is 5.41 Å². The van der Waals surface area contributed by atoms with Crippen LogP contribution in [0.3, 0.4) is 0 Å². The number of fused-ring (bicyclic) bond motifs is 1. The molecular formula is C14H14O2. The predicted octanol–water partition coefficient (Wildman–Crippen LogP) is 2.58. The molecule has 2 nitrogen and oxygen atoms in total. The van der Waals surface area contributed by atoms with Gasteiger partial charge in [-0.05, 0) is 24.8 Å². The highest BCUT2D eigenvalue weighted by Gasteiger charge is 2.41. The molecule has 0 fully saturated rings. The number of Topliss-reactive ketones (excluding diaryl/α,β-unsaturated/α-hetero) is 1. The van der Waals surface area contributed by atoms with E-state index in [0.717, 1.165) is 18.3 Å². The van der Waals surface area contributed by atoms with E-state index in [1.54, 1.807) is 12.1 Å². The van der Waals surface area contributed by atoms with Gasteiger partial charge < -0.3 is 4.79 Å². The molecule has 0 amide bonds. The smallest absolute Gasteiger partial charge is 0.176 e. The lowest BCUT2D eigenvalue weighted by Crippen LogP contribution is -2.37. The zero-order valence-electron chi connectivity index (χ0n) is 9.11. The predicted molar refractivity (Wildman–Crippen MR) is 62.4 cm³/mol. The third-order valence-electron chi connectivity index (χ3n) is 3.29. The topological polar surface area (TPSA) is 34.1 Å². The summed E-state index contributed by atoms with van der Waals surface area (Å²) < 4.78 is 0. The normalized spacial score (nSPS) is 23.6. The lowest BCUT2D eigenvalue weighted by Gasteiger charge is -2.30. The quantitative estimate of drug-likeness (QED) is 0.440. The highest BCUT2D eigenvalue weighted by Crippen LogP contribution is 2.36. The number of benzene rings is 1. The van der Waals surface area contributed by atoms with E-state index in [-0.39, 0.29) is 5.78 Å². The molecule has 0 radical (unpaired) electrons. The van der Waals surface area contributed by atoms with Crippen molar-refractivity contribution in [1.29, 1.82) is 0 Å². The first-order valence-corrected chi connectivity index (χ1v) is 5.43. The zero-order chi connectivity index (χ0) is 11.6. The fraction of sp³-hybridized carbons (Fsp3) is 0.286. The minimum absolute atomic E-state index is 0.0516. The van der Waals surface area contributed by atoms with Crippen molar-refractivity contribution in [3.8, 4) is 0 Å². The summed E-state index contributed by atoms with van der Waals surface area (Å²) in [5.41, 5.74) is 0.882. The fourth-order valence-corrected chi connectivity index (χ4v) is 2.31. The molecule has 1 aliphatic carbocycles. The SMILES string of the molecule is C=CCC1(C=O)CCc2ccccc2C1=O. The Morgan fingerprint density at radius 1 is 1.38 bits per heavy atom. The minimum Gasteiger partial charge on any atom is -0.302 e. The number of rotatable bonds is 3. The number of allylic oxidation sites excluding steroid dienone is 1. The van der Waals surface area contributed by atoms with Crippen LogP contribution in [0.25, 0.3) is 0 Å². The van der Waals surface area contributed by atoms with Crippen LogP contribution < -0.4 is 0 Å². The fourth-order valence-electron chi connectivity index (χ4n) is 2.31. The van der Waals surface area contributed by atoms with Crippen LogP contribution in [-0.2, 0) is 11.2 Å². The first-order chi connectivity index (χ1) is 7.73. The van der Waals surface area contributed by atoms with Crippen molar-refractivity contribution in [2.24, 2.45) is 5.41 Å². The molecule has 0 N–H and O–H groups in total. The molecule has 0 bridgehead atoms. The number of hydrogen-bond donors (Lipinski definition) is 0. The van der Waals surface area contributed by atoms with E-state index in [1.807, 2.05) is 18.2 Å². The summed E-state index contributed by atoms with van der Waals surface area (Å²) in [6, 6.07) is 7.52. The van der Waals surface area contributed by atoms with E-state index >= 15 is 0 Å². The van der Waals surface area contributed by atoms with Gasteiger partial charge in [0.25, 0.3) is 0 Å². The van der Waals surface area contributed by atoms with E-state index in [1.165, 1.54) is 0 Å². The maximum absolute atomic E-state index is 12.3. The molecule has 0 aromatic heterocycles. The Morgan fingerprint density at radius 2 is 2.12 bits per heavy atom. The summed E-state index contributed by atoms with van der Waals surface area (Å²) in [7, 11) is 0. The summed E-state index contributed by atoms with van der Waals surface area (Å²) >= 11 is 0. The highest BCUT2D eigenvalue weighted by atomic mass is 16.1. The second-order valence-corrected chi connectivity index (χ2v) is 4.25. The van der Waals surface area contributed by atoms with Crippen molar-refractivity contribution in [2.75, 3.05) is 0 Å². The van der Waals surface area contributed by atoms with Crippen LogP contribution in [0.5, 0.6) is 0 Å². The Balaban J connectivity index is 2.47. The largest absolute Gasteiger partial charge is 0.302 e. The van der Waals surface area contributed by atoms with Crippen LogP contribution in [0.1, 0.15) is 28.8 Å². The van der Waals surface area contributed by atoms with E-state index in [2.05, 4.69) is 6.58 Å². The van der Waals surface area contributed by atoms with Crippen LogP contribution in [0, 0.1) is 5.41 Å². The lowest BCUT2D eigenvalue weighted by molar-refractivity contribution is -0.114. The molecule has 1 unspecified atom stereocenters. The summed E-state index contributed by atoms with van der Waals surface area (Å²) in [5, 5.41) is 0. The average molecular weight is 214 g/mol. The Kier molecular flexibility index (Phi) is 2.73. The number of carbonyl (C=O) groups is 2. The standard InChI is InChI=1S/C14H14O2/c1-2-8-14(10-15)9-7-11-5-3-4-6-12(11)13(14)16/h2-6,10H,1,7-9H2. The van der Waals surface area contributed by atoms with Crippen molar-refractivity contribution < 1.29 is 9.59 Å². The van der Waals surface area contributed by atoms with Gasteiger partial charge in [-0.25, -0.2) is 0 Å². The average Bonchev–Trinajstić information content (AvgIpc) is 2.33. The second-order valence-electron chi connectivity index (χ2n) is 4.25. The first kappa shape index (κ1) is 10.8. The van der Waals surface area contributed by atoms with Gasteiger partial charge in [0.15, 0.2) is 5.78 Å². The van der Waals surface area contributed by atoms with E-state index in [9.17, 15) is 9.59 Å². The molecule has 1 atom stereocenters. The van der Waals surface area contributed by atoms with Crippen LogP contribution >= 0.6 is 0 Å². The zero-order valence-corrected chi connectivity index (χ0v) is 9.11. The molecular weight excluding hydrogens is 200 g/mol. The van der Waals surface area contributed by atoms with Gasteiger partial charge in [0.05, 0.1) is 5.41 Å².